The van der Waals surface area contributed by atoms with Crippen LogP contribution in [0.1, 0.15) is 121 Å². The molecule has 0 aliphatic heterocycles. The standard InChI is InChI=1S/C35H54N2O2/c1-21(2)8-7-9-22(3)29-12-13-30-27-11-10-24-18-26(14-16-34(24,5)31(27)15-17-35(29,30)6)39-33(38)28-19-25(36)20-32(37)23(28)4/h10,19-22,26-27,29-31H,7-9,11-18,36-37H2,1-6H3/t22-,26?,27?,29-,30?,31?,34+,35-/m1/s1. The van der Waals surface area contributed by atoms with Crippen LogP contribution in [-0.2, 0) is 4.74 Å². The minimum atomic E-state index is -0.290. The van der Waals surface area contributed by atoms with Crippen molar-refractivity contribution in [1.82, 2.24) is 0 Å². The lowest BCUT2D eigenvalue weighted by atomic mass is 9.47. The molecule has 4 unspecified atom stereocenters. The van der Waals surface area contributed by atoms with Crippen molar-refractivity contribution in [3.8, 4) is 0 Å². The van der Waals surface area contributed by atoms with Gasteiger partial charge in [-0.15, -0.1) is 0 Å². The molecule has 0 bridgehead atoms. The van der Waals surface area contributed by atoms with Gasteiger partial charge in [0, 0.05) is 17.8 Å². The second-order valence-electron chi connectivity index (χ2n) is 14.8. The van der Waals surface area contributed by atoms with Gasteiger partial charge in [0.15, 0.2) is 0 Å². The second-order valence-corrected chi connectivity index (χ2v) is 14.8. The van der Waals surface area contributed by atoms with E-state index in [1.165, 1.54) is 51.4 Å². The van der Waals surface area contributed by atoms with Gasteiger partial charge in [0.2, 0.25) is 0 Å². The van der Waals surface area contributed by atoms with Crippen LogP contribution in [0.2, 0.25) is 0 Å². The Labute approximate surface area is 237 Å². The largest absolute Gasteiger partial charge is 0.458 e. The van der Waals surface area contributed by atoms with Crippen molar-refractivity contribution in [3.63, 3.8) is 0 Å². The maximum atomic E-state index is 13.1. The summed E-state index contributed by atoms with van der Waals surface area (Å²) in [4.78, 5) is 13.1. The quantitative estimate of drug-likeness (QED) is 0.208. The summed E-state index contributed by atoms with van der Waals surface area (Å²) >= 11 is 0. The molecule has 0 aromatic heterocycles. The second kappa shape index (κ2) is 10.8. The van der Waals surface area contributed by atoms with Crippen molar-refractivity contribution < 1.29 is 9.53 Å². The number of nitrogens with two attached hydrogens (primary N) is 2. The number of rotatable bonds is 7. The number of hydrogen-bond acceptors (Lipinski definition) is 4. The van der Waals surface area contributed by atoms with Gasteiger partial charge >= 0.3 is 5.97 Å². The molecule has 4 aliphatic rings. The van der Waals surface area contributed by atoms with Crippen LogP contribution < -0.4 is 11.5 Å². The Bertz CT molecular complexity index is 1110. The highest BCUT2D eigenvalue weighted by atomic mass is 16.5. The van der Waals surface area contributed by atoms with E-state index in [0.29, 0.717) is 22.4 Å². The van der Waals surface area contributed by atoms with Crippen molar-refractivity contribution in [2.24, 2.45) is 46.3 Å². The predicted octanol–water partition coefficient (Wildman–Crippen LogP) is 8.73. The van der Waals surface area contributed by atoms with Crippen molar-refractivity contribution >= 4 is 17.3 Å². The smallest absolute Gasteiger partial charge is 0.338 e. The Balaban J connectivity index is 1.26. The van der Waals surface area contributed by atoms with E-state index in [-0.39, 0.29) is 17.5 Å². The van der Waals surface area contributed by atoms with E-state index in [1.54, 1.807) is 17.7 Å². The van der Waals surface area contributed by atoms with Gasteiger partial charge in [-0.05, 0) is 116 Å². The number of nitrogen functional groups attached to an aromatic ring is 2. The third kappa shape index (κ3) is 5.15. The zero-order valence-electron chi connectivity index (χ0n) is 25.5. The molecule has 216 valence electrons. The number of allylic oxidation sites excluding steroid dienone is 1. The fourth-order valence-electron chi connectivity index (χ4n) is 9.94. The fourth-order valence-corrected chi connectivity index (χ4v) is 9.94. The molecule has 8 atom stereocenters. The maximum Gasteiger partial charge on any atom is 0.338 e. The van der Waals surface area contributed by atoms with Crippen molar-refractivity contribution in [2.75, 3.05) is 11.5 Å². The van der Waals surface area contributed by atoms with Gasteiger partial charge in [0.1, 0.15) is 6.10 Å². The monoisotopic (exact) mass is 534 g/mol. The Morgan fingerprint density at radius 1 is 1.03 bits per heavy atom. The molecule has 5 rings (SSSR count). The summed E-state index contributed by atoms with van der Waals surface area (Å²) in [5.41, 5.74) is 16.7. The molecule has 0 heterocycles. The third-order valence-electron chi connectivity index (χ3n) is 12.2. The van der Waals surface area contributed by atoms with Crippen LogP contribution in [0, 0.1) is 53.3 Å². The van der Waals surface area contributed by atoms with Crippen LogP contribution in [0.5, 0.6) is 0 Å². The maximum absolute atomic E-state index is 13.1. The van der Waals surface area contributed by atoms with E-state index in [0.717, 1.165) is 60.3 Å². The molecule has 1 aromatic carbocycles. The first kappa shape index (κ1) is 28.6. The molecular formula is C35H54N2O2. The molecule has 4 nitrogen and oxygen atoms in total. The number of carbonyl (C=O) groups excluding carboxylic acids is 1. The summed E-state index contributed by atoms with van der Waals surface area (Å²) in [6, 6.07) is 3.40. The van der Waals surface area contributed by atoms with Gasteiger partial charge in [-0.3, -0.25) is 0 Å². The summed E-state index contributed by atoms with van der Waals surface area (Å²) in [5.74, 6) is 4.75. The molecular weight excluding hydrogens is 480 g/mol. The molecule has 39 heavy (non-hydrogen) atoms. The Hall–Kier alpha value is -1.97. The van der Waals surface area contributed by atoms with E-state index in [4.69, 9.17) is 16.2 Å². The number of fused-ring (bicyclic) bond motifs is 5. The lowest BCUT2D eigenvalue weighted by Crippen LogP contribution is -2.51. The lowest BCUT2D eigenvalue weighted by Gasteiger charge is -2.58. The highest BCUT2D eigenvalue weighted by Gasteiger charge is 2.59. The Morgan fingerprint density at radius 2 is 1.79 bits per heavy atom. The normalized spacial score (nSPS) is 36.5. The predicted molar refractivity (Wildman–Crippen MR) is 162 cm³/mol. The van der Waals surface area contributed by atoms with E-state index in [9.17, 15) is 4.79 Å². The van der Waals surface area contributed by atoms with E-state index < -0.39 is 0 Å². The van der Waals surface area contributed by atoms with E-state index >= 15 is 0 Å². The molecule has 0 radical (unpaired) electrons. The zero-order valence-corrected chi connectivity index (χ0v) is 25.5. The van der Waals surface area contributed by atoms with Gasteiger partial charge in [-0.1, -0.05) is 65.5 Å². The van der Waals surface area contributed by atoms with Gasteiger partial charge in [0.25, 0.3) is 0 Å². The van der Waals surface area contributed by atoms with Crippen LogP contribution in [0.25, 0.3) is 0 Å². The lowest BCUT2D eigenvalue weighted by molar-refractivity contribution is -0.0594. The fraction of sp³-hybridized carbons (Fsp3) is 0.743. The SMILES string of the molecule is Cc1c(N)cc(N)cc1C(=O)OC1CC[C@@]2(C)C(=CCC3C2CC[C@@]2(C)C3CC[C@@H]2[C@H](C)CCCC(C)C)C1. The molecule has 1 aromatic rings. The summed E-state index contributed by atoms with van der Waals surface area (Å²) in [5, 5.41) is 0. The van der Waals surface area contributed by atoms with Crippen LogP contribution in [-0.4, -0.2) is 12.1 Å². The number of benzene rings is 1. The number of anilines is 2. The van der Waals surface area contributed by atoms with Gasteiger partial charge in [-0.25, -0.2) is 4.79 Å². The van der Waals surface area contributed by atoms with Crippen LogP contribution in [0.3, 0.4) is 0 Å². The molecule has 0 spiro atoms. The van der Waals surface area contributed by atoms with Gasteiger partial charge in [0.05, 0.1) is 5.56 Å². The molecule has 0 saturated heterocycles. The van der Waals surface area contributed by atoms with Crippen molar-refractivity contribution in [3.05, 3.63) is 34.9 Å². The number of carbonyl (C=O) groups is 1. The molecule has 4 aliphatic carbocycles. The highest BCUT2D eigenvalue weighted by Crippen LogP contribution is 2.67. The van der Waals surface area contributed by atoms with Crippen LogP contribution in [0.4, 0.5) is 11.4 Å². The summed E-state index contributed by atoms with van der Waals surface area (Å²) < 4.78 is 6.08. The van der Waals surface area contributed by atoms with Gasteiger partial charge < -0.3 is 16.2 Å². The Morgan fingerprint density at radius 3 is 2.54 bits per heavy atom. The molecule has 3 saturated carbocycles. The highest BCUT2D eigenvalue weighted by molar-refractivity contribution is 5.94. The van der Waals surface area contributed by atoms with Crippen molar-refractivity contribution in [2.45, 2.75) is 118 Å². The number of ether oxygens (including phenoxy) is 1. The van der Waals surface area contributed by atoms with Crippen LogP contribution in [0.15, 0.2) is 23.8 Å². The average Bonchev–Trinajstić information content (AvgIpc) is 3.23. The third-order valence-corrected chi connectivity index (χ3v) is 12.2. The first-order valence-electron chi connectivity index (χ1n) is 16.0. The number of hydrogen-bond donors (Lipinski definition) is 2. The number of esters is 1. The molecule has 0 amide bonds. The van der Waals surface area contributed by atoms with Gasteiger partial charge in [-0.2, -0.15) is 0 Å². The minimum absolute atomic E-state index is 0.0631. The first-order chi connectivity index (χ1) is 18.4. The minimum Gasteiger partial charge on any atom is -0.458 e. The molecule has 4 heteroatoms. The average molecular weight is 535 g/mol. The topological polar surface area (TPSA) is 78.3 Å². The van der Waals surface area contributed by atoms with E-state index in [1.807, 2.05) is 6.92 Å². The summed E-state index contributed by atoms with van der Waals surface area (Å²) in [7, 11) is 0. The Kier molecular flexibility index (Phi) is 7.90. The molecule has 4 N–H and O–H groups in total. The van der Waals surface area contributed by atoms with E-state index in [2.05, 4.69) is 40.7 Å². The first-order valence-corrected chi connectivity index (χ1v) is 16.0. The summed E-state index contributed by atoms with van der Waals surface area (Å²) in [6.45, 7) is 14.4. The summed E-state index contributed by atoms with van der Waals surface area (Å²) in [6.07, 6.45) is 16.5. The van der Waals surface area contributed by atoms with Crippen LogP contribution >= 0.6 is 0 Å². The zero-order chi connectivity index (χ0) is 28.1. The van der Waals surface area contributed by atoms with Crippen molar-refractivity contribution in [1.29, 1.82) is 0 Å². The molecule has 3 fully saturated rings.